The largest absolute Gasteiger partial charge is 0.367 e. The molecule has 16 heavy (non-hydrogen) atoms. The predicted molar refractivity (Wildman–Crippen MR) is 59.3 cm³/mol. The molecule has 0 amide bonds. The van der Waals surface area contributed by atoms with Gasteiger partial charge in [-0.05, 0) is 39.1 Å². The van der Waals surface area contributed by atoms with Crippen LogP contribution in [0.15, 0.2) is 5.11 Å². The Morgan fingerprint density at radius 1 is 1.62 bits per heavy atom. The Bertz CT molecular complexity index is 304. The molecule has 0 radical (unpaired) electrons. The Balaban J connectivity index is 2.53. The lowest BCUT2D eigenvalue weighted by Gasteiger charge is -2.25. The molecule has 0 bridgehead atoms. The molecule has 1 aliphatic rings. The summed E-state index contributed by atoms with van der Waals surface area (Å²) < 4.78 is 0. The third kappa shape index (κ3) is 3.40. The van der Waals surface area contributed by atoms with Crippen LogP contribution in [-0.4, -0.2) is 30.2 Å². The highest BCUT2D eigenvalue weighted by Gasteiger charge is 2.31. The lowest BCUT2D eigenvalue weighted by atomic mass is 9.98. The first-order valence-corrected chi connectivity index (χ1v) is 5.45. The average molecular weight is 226 g/mol. The molecule has 1 saturated heterocycles. The standard InChI is InChI=1S/C10H18N4O2/c1-10(2,3)9(15)16-14-6-4-5-8(14)7-12-13-11/h8H,4-7H2,1-3H3/t8-/m0/s1. The van der Waals surface area contributed by atoms with E-state index in [2.05, 4.69) is 10.0 Å². The molecule has 0 aromatic carbocycles. The fourth-order valence-electron chi connectivity index (χ4n) is 1.49. The average Bonchev–Trinajstić information content (AvgIpc) is 2.61. The van der Waals surface area contributed by atoms with Crippen molar-refractivity contribution in [1.82, 2.24) is 5.06 Å². The number of azide groups is 1. The highest BCUT2D eigenvalue weighted by Crippen LogP contribution is 2.22. The minimum Gasteiger partial charge on any atom is -0.367 e. The van der Waals surface area contributed by atoms with Crippen molar-refractivity contribution in [3.8, 4) is 0 Å². The number of hydrogen-bond donors (Lipinski definition) is 0. The SMILES string of the molecule is CC(C)(C)C(=O)ON1CCC[C@H]1CN=[N+]=[N-]. The molecule has 0 saturated carbocycles. The van der Waals surface area contributed by atoms with Crippen molar-refractivity contribution in [3.63, 3.8) is 0 Å². The van der Waals surface area contributed by atoms with Gasteiger partial charge in [0.1, 0.15) is 0 Å². The number of hydrogen-bond acceptors (Lipinski definition) is 4. The Labute approximate surface area is 95.1 Å². The Hall–Kier alpha value is -1.26. The Morgan fingerprint density at radius 2 is 2.31 bits per heavy atom. The normalized spacial score (nSPS) is 21.6. The lowest BCUT2D eigenvalue weighted by molar-refractivity contribution is -0.203. The molecule has 0 spiro atoms. The molecule has 0 aliphatic carbocycles. The molecule has 90 valence electrons. The molecule has 1 fully saturated rings. The van der Waals surface area contributed by atoms with E-state index in [4.69, 9.17) is 10.4 Å². The van der Waals surface area contributed by atoms with Crippen molar-refractivity contribution in [3.05, 3.63) is 10.4 Å². The van der Waals surface area contributed by atoms with Crippen LogP contribution < -0.4 is 0 Å². The van der Waals surface area contributed by atoms with Gasteiger partial charge in [0.25, 0.3) is 0 Å². The first kappa shape index (κ1) is 12.8. The number of carbonyl (C=O) groups excluding carboxylic acids is 1. The summed E-state index contributed by atoms with van der Waals surface area (Å²) in [6.07, 6.45) is 1.86. The van der Waals surface area contributed by atoms with Gasteiger partial charge in [-0.25, -0.2) is 4.79 Å². The van der Waals surface area contributed by atoms with Crippen LogP contribution in [0.4, 0.5) is 0 Å². The first-order valence-electron chi connectivity index (χ1n) is 5.45. The van der Waals surface area contributed by atoms with Gasteiger partial charge in [0, 0.05) is 18.0 Å². The molecule has 6 nitrogen and oxygen atoms in total. The maximum absolute atomic E-state index is 11.7. The van der Waals surface area contributed by atoms with Gasteiger partial charge in [-0.1, -0.05) is 5.11 Å². The van der Waals surface area contributed by atoms with Gasteiger partial charge in [0.2, 0.25) is 0 Å². The first-order chi connectivity index (χ1) is 7.45. The van der Waals surface area contributed by atoms with Crippen molar-refractivity contribution >= 4 is 5.97 Å². The van der Waals surface area contributed by atoms with Crippen molar-refractivity contribution in [1.29, 1.82) is 0 Å². The van der Waals surface area contributed by atoms with Crippen molar-refractivity contribution in [2.45, 2.75) is 39.7 Å². The monoisotopic (exact) mass is 226 g/mol. The second kappa shape index (κ2) is 5.18. The van der Waals surface area contributed by atoms with E-state index in [1.807, 2.05) is 20.8 Å². The van der Waals surface area contributed by atoms with Gasteiger partial charge >= 0.3 is 5.97 Å². The third-order valence-corrected chi connectivity index (χ3v) is 2.49. The van der Waals surface area contributed by atoms with Crippen LogP contribution in [-0.2, 0) is 9.63 Å². The molecular formula is C10H18N4O2. The summed E-state index contributed by atoms with van der Waals surface area (Å²) in [5.74, 6) is -0.250. The summed E-state index contributed by atoms with van der Waals surface area (Å²) in [7, 11) is 0. The zero-order chi connectivity index (χ0) is 12.2. The van der Waals surface area contributed by atoms with Gasteiger partial charge in [0.05, 0.1) is 11.5 Å². The van der Waals surface area contributed by atoms with Crippen LogP contribution in [0.1, 0.15) is 33.6 Å². The maximum Gasteiger partial charge on any atom is 0.330 e. The second-order valence-corrected chi connectivity index (χ2v) is 4.98. The van der Waals surface area contributed by atoms with Gasteiger partial charge in [-0.2, -0.15) is 0 Å². The van der Waals surface area contributed by atoms with E-state index in [1.54, 1.807) is 5.06 Å². The molecule has 1 aliphatic heterocycles. The summed E-state index contributed by atoms with van der Waals surface area (Å²) in [5.41, 5.74) is 7.75. The number of hydroxylamine groups is 2. The van der Waals surface area contributed by atoms with E-state index in [-0.39, 0.29) is 12.0 Å². The van der Waals surface area contributed by atoms with Crippen LogP contribution in [0.3, 0.4) is 0 Å². The van der Waals surface area contributed by atoms with Gasteiger partial charge in [0.15, 0.2) is 0 Å². The lowest BCUT2D eigenvalue weighted by Crippen LogP contribution is -2.37. The fourth-order valence-corrected chi connectivity index (χ4v) is 1.49. The molecule has 0 N–H and O–H groups in total. The number of carbonyl (C=O) groups is 1. The molecular weight excluding hydrogens is 208 g/mol. The van der Waals surface area contributed by atoms with Crippen molar-refractivity contribution in [2.75, 3.05) is 13.1 Å². The number of nitrogens with zero attached hydrogens (tertiary/aromatic N) is 4. The summed E-state index contributed by atoms with van der Waals surface area (Å²) in [6.45, 7) is 6.51. The van der Waals surface area contributed by atoms with Gasteiger partial charge < -0.3 is 4.84 Å². The minimum absolute atomic E-state index is 0.0298. The van der Waals surface area contributed by atoms with Gasteiger partial charge in [-0.3, -0.25) is 0 Å². The molecule has 0 unspecified atom stereocenters. The predicted octanol–water partition coefficient (Wildman–Crippen LogP) is 2.27. The van der Waals surface area contributed by atoms with Gasteiger partial charge in [-0.15, -0.1) is 5.06 Å². The van der Waals surface area contributed by atoms with Crippen LogP contribution in [0.25, 0.3) is 10.4 Å². The topological polar surface area (TPSA) is 78.3 Å². The minimum atomic E-state index is -0.508. The second-order valence-electron chi connectivity index (χ2n) is 4.98. The van der Waals surface area contributed by atoms with E-state index >= 15 is 0 Å². The summed E-state index contributed by atoms with van der Waals surface area (Å²) in [4.78, 5) is 19.7. The highest BCUT2D eigenvalue weighted by molar-refractivity contribution is 5.75. The van der Waals surface area contributed by atoms with Crippen molar-refractivity contribution < 1.29 is 9.63 Å². The summed E-state index contributed by atoms with van der Waals surface area (Å²) in [6, 6.07) is 0.0298. The molecule has 0 aromatic heterocycles. The third-order valence-electron chi connectivity index (χ3n) is 2.49. The zero-order valence-corrected chi connectivity index (χ0v) is 10.0. The Kier molecular flexibility index (Phi) is 4.15. The van der Waals surface area contributed by atoms with E-state index in [9.17, 15) is 4.79 Å². The van der Waals surface area contributed by atoms with Crippen LogP contribution in [0.2, 0.25) is 0 Å². The van der Waals surface area contributed by atoms with Crippen LogP contribution >= 0.6 is 0 Å². The summed E-state index contributed by atoms with van der Waals surface area (Å²) >= 11 is 0. The van der Waals surface area contributed by atoms with Crippen LogP contribution in [0, 0.1) is 5.41 Å². The van der Waals surface area contributed by atoms with Crippen molar-refractivity contribution in [2.24, 2.45) is 10.5 Å². The maximum atomic E-state index is 11.7. The van der Waals surface area contributed by atoms with E-state index in [0.29, 0.717) is 13.1 Å². The molecule has 1 rings (SSSR count). The molecule has 1 heterocycles. The molecule has 0 aromatic rings. The molecule has 1 atom stereocenters. The smallest absolute Gasteiger partial charge is 0.330 e. The fraction of sp³-hybridized carbons (Fsp3) is 0.900. The highest BCUT2D eigenvalue weighted by atomic mass is 16.7. The molecule has 6 heteroatoms. The van der Waals surface area contributed by atoms with E-state index < -0.39 is 5.41 Å². The quantitative estimate of drug-likeness (QED) is 0.420. The number of rotatable bonds is 3. The van der Waals surface area contributed by atoms with E-state index in [1.165, 1.54) is 0 Å². The zero-order valence-electron chi connectivity index (χ0n) is 10.0. The van der Waals surface area contributed by atoms with E-state index in [0.717, 1.165) is 12.8 Å². The van der Waals surface area contributed by atoms with Crippen LogP contribution in [0.5, 0.6) is 0 Å². The Morgan fingerprint density at radius 3 is 2.88 bits per heavy atom. The summed E-state index contributed by atoms with van der Waals surface area (Å²) in [5, 5.41) is 5.16.